The van der Waals surface area contributed by atoms with Crippen LogP contribution in [0.1, 0.15) is 26.7 Å². The van der Waals surface area contributed by atoms with E-state index >= 15 is 0 Å². The molecule has 1 aromatic rings. The predicted molar refractivity (Wildman–Crippen MR) is 70.6 cm³/mol. The summed E-state index contributed by atoms with van der Waals surface area (Å²) in [5.41, 5.74) is -0.658. The van der Waals surface area contributed by atoms with Crippen LogP contribution in [0.4, 0.5) is 0 Å². The zero-order chi connectivity index (χ0) is 12.9. The van der Waals surface area contributed by atoms with Gasteiger partial charge in [-0.1, -0.05) is 11.6 Å². The van der Waals surface area contributed by atoms with E-state index in [4.69, 9.17) is 16.7 Å². The van der Waals surface area contributed by atoms with Gasteiger partial charge in [0.15, 0.2) is 0 Å². The Morgan fingerprint density at radius 1 is 1.59 bits per heavy atom. The van der Waals surface area contributed by atoms with Crippen LogP contribution in [0.3, 0.4) is 0 Å². The maximum absolute atomic E-state index is 10.9. The van der Waals surface area contributed by atoms with E-state index in [0.29, 0.717) is 11.4 Å². The number of carbonyl (C=O) groups is 1. The molecule has 0 aliphatic heterocycles. The van der Waals surface area contributed by atoms with Gasteiger partial charge in [0.25, 0.3) is 0 Å². The van der Waals surface area contributed by atoms with Gasteiger partial charge in [-0.25, -0.2) is 4.98 Å². The molecule has 0 bridgehead atoms. The van der Waals surface area contributed by atoms with Crippen LogP contribution in [0.2, 0.25) is 5.02 Å². The number of carboxylic acids is 1. The second kappa shape index (κ2) is 6.26. The lowest BCUT2D eigenvalue weighted by Gasteiger charge is -2.18. The third kappa shape index (κ3) is 4.56. The van der Waals surface area contributed by atoms with Crippen LogP contribution in [-0.4, -0.2) is 21.8 Å². The van der Waals surface area contributed by atoms with Crippen LogP contribution in [0, 0.1) is 5.41 Å². The van der Waals surface area contributed by atoms with E-state index in [0.717, 1.165) is 17.2 Å². The molecule has 0 amide bonds. The SMILES string of the molecule is CC(C)(CCCSc1ncccc1Cl)C(=O)O. The van der Waals surface area contributed by atoms with Crippen molar-refractivity contribution in [1.82, 2.24) is 4.98 Å². The first-order valence-corrected chi connectivity index (χ1v) is 6.76. The summed E-state index contributed by atoms with van der Waals surface area (Å²) < 4.78 is 0. The first-order chi connectivity index (χ1) is 7.93. The molecule has 0 unspecified atom stereocenters. The fraction of sp³-hybridized carbons (Fsp3) is 0.500. The zero-order valence-electron chi connectivity index (χ0n) is 9.94. The monoisotopic (exact) mass is 273 g/mol. The molecule has 17 heavy (non-hydrogen) atoms. The van der Waals surface area contributed by atoms with Gasteiger partial charge in [-0.05, 0) is 44.6 Å². The van der Waals surface area contributed by atoms with Crippen molar-refractivity contribution in [3.63, 3.8) is 0 Å². The third-order valence-electron chi connectivity index (χ3n) is 2.49. The van der Waals surface area contributed by atoms with Crippen molar-refractivity contribution in [2.45, 2.75) is 31.7 Å². The van der Waals surface area contributed by atoms with Crippen molar-refractivity contribution in [2.75, 3.05) is 5.75 Å². The lowest BCUT2D eigenvalue weighted by Crippen LogP contribution is -2.23. The molecule has 1 rings (SSSR count). The molecule has 1 aromatic heterocycles. The van der Waals surface area contributed by atoms with E-state index in [-0.39, 0.29) is 0 Å². The molecule has 0 fully saturated rings. The molecular weight excluding hydrogens is 258 g/mol. The van der Waals surface area contributed by atoms with Crippen molar-refractivity contribution >= 4 is 29.3 Å². The maximum atomic E-state index is 10.9. The molecular formula is C12H16ClNO2S. The van der Waals surface area contributed by atoms with E-state index in [2.05, 4.69) is 4.98 Å². The molecule has 1 N–H and O–H groups in total. The van der Waals surface area contributed by atoms with Gasteiger partial charge in [0.2, 0.25) is 0 Å². The number of hydrogen-bond donors (Lipinski definition) is 1. The van der Waals surface area contributed by atoms with Crippen molar-refractivity contribution in [3.05, 3.63) is 23.4 Å². The van der Waals surface area contributed by atoms with Gasteiger partial charge in [0.05, 0.1) is 10.4 Å². The van der Waals surface area contributed by atoms with Crippen molar-refractivity contribution in [2.24, 2.45) is 5.41 Å². The van der Waals surface area contributed by atoms with E-state index in [1.165, 1.54) is 0 Å². The van der Waals surface area contributed by atoms with Gasteiger partial charge in [0.1, 0.15) is 5.03 Å². The average Bonchev–Trinajstić information content (AvgIpc) is 2.26. The second-order valence-electron chi connectivity index (χ2n) is 4.43. The number of aliphatic carboxylic acids is 1. The molecule has 94 valence electrons. The Balaban J connectivity index is 2.35. The number of pyridine rings is 1. The predicted octanol–water partition coefficient (Wildman–Crippen LogP) is 3.72. The third-order valence-corrected chi connectivity index (χ3v) is 4.00. The van der Waals surface area contributed by atoms with Crippen LogP contribution in [-0.2, 0) is 4.79 Å². The zero-order valence-corrected chi connectivity index (χ0v) is 11.5. The fourth-order valence-corrected chi connectivity index (χ4v) is 2.38. The lowest BCUT2D eigenvalue weighted by molar-refractivity contribution is -0.147. The van der Waals surface area contributed by atoms with Gasteiger partial charge in [-0.15, -0.1) is 11.8 Å². The van der Waals surface area contributed by atoms with E-state index in [1.807, 2.05) is 0 Å². The van der Waals surface area contributed by atoms with Crippen LogP contribution in [0.5, 0.6) is 0 Å². The maximum Gasteiger partial charge on any atom is 0.309 e. The normalized spacial score (nSPS) is 11.5. The molecule has 0 saturated heterocycles. The molecule has 1 heterocycles. The highest BCUT2D eigenvalue weighted by Gasteiger charge is 2.26. The molecule has 5 heteroatoms. The number of nitrogens with zero attached hydrogens (tertiary/aromatic N) is 1. The first kappa shape index (κ1) is 14.3. The van der Waals surface area contributed by atoms with E-state index in [1.54, 1.807) is 43.9 Å². The second-order valence-corrected chi connectivity index (χ2v) is 5.92. The van der Waals surface area contributed by atoms with Gasteiger partial charge in [-0.2, -0.15) is 0 Å². The minimum atomic E-state index is -0.752. The standard InChI is InChI=1S/C12H16ClNO2S/c1-12(2,11(15)16)6-4-8-17-10-9(13)5-3-7-14-10/h3,5,7H,4,6,8H2,1-2H3,(H,15,16). The summed E-state index contributed by atoms with van der Waals surface area (Å²) in [7, 11) is 0. The summed E-state index contributed by atoms with van der Waals surface area (Å²) >= 11 is 7.53. The molecule has 0 spiro atoms. The number of halogens is 1. The molecule has 0 aromatic carbocycles. The van der Waals surface area contributed by atoms with Crippen LogP contribution < -0.4 is 0 Å². The molecule has 3 nitrogen and oxygen atoms in total. The summed E-state index contributed by atoms with van der Waals surface area (Å²) in [5.74, 6) is 0.0753. The van der Waals surface area contributed by atoms with Crippen LogP contribution >= 0.6 is 23.4 Å². The lowest BCUT2D eigenvalue weighted by atomic mass is 9.88. The molecule has 0 saturated carbocycles. The Morgan fingerprint density at radius 3 is 2.88 bits per heavy atom. The van der Waals surface area contributed by atoms with Gasteiger partial charge < -0.3 is 5.11 Å². The summed E-state index contributed by atoms with van der Waals surface area (Å²) in [6.45, 7) is 3.49. The van der Waals surface area contributed by atoms with Gasteiger partial charge >= 0.3 is 5.97 Å². The molecule has 0 atom stereocenters. The largest absolute Gasteiger partial charge is 0.481 e. The first-order valence-electron chi connectivity index (χ1n) is 5.40. The Morgan fingerprint density at radius 2 is 2.29 bits per heavy atom. The Labute approximate surface area is 111 Å². The topological polar surface area (TPSA) is 50.2 Å². The quantitative estimate of drug-likeness (QED) is 0.634. The highest BCUT2D eigenvalue weighted by Crippen LogP contribution is 2.28. The Kier molecular flexibility index (Phi) is 5.28. The van der Waals surface area contributed by atoms with Gasteiger partial charge in [0, 0.05) is 6.20 Å². The number of carboxylic acid groups (broad SMARTS) is 1. The fourth-order valence-electron chi connectivity index (χ4n) is 1.27. The summed E-state index contributed by atoms with van der Waals surface area (Å²) in [6.07, 6.45) is 3.19. The number of hydrogen-bond acceptors (Lipinski definition) is 3. The molecule has 0 aliphatic rings. The number of aromatic nitrogens is 1. The van der Waals surface area contributed by atoms with Crippen LogP contribution in [0.15, 0.2) is 23.4 Å². The van der Waals surface area contributed by atoms with Crippen molar-refractivity contribution in [1.29, 1.82) is 0 Å². The van der Waals surface area contributed by atoms with Crippen LogP contribution in [0.25, 0.3) is 0 Å². The molecule has 0 aliphatic carbocycles. The minimum absolute atomic E-state index is 0.648. The number of rotatable bonds is 6. The highest BCUT2D eigenvalue weighted by molar-refractivity contribution is 7.99. The Hall–Kier alpha value is -0.740. The summed E-state index contributed by atoms with van der Waals surface area (Å²) in [4.78, 5) is 15.1. The highest BCUT2D eigenvalue weighted by atomic mass is 35.5. The van der Waals surface area contributed by atoms with E-state index in [9.17, 15) is 4.79 Å². The molecule has 0 radical (unpaired) electrons. The van der Waals surface area contributed by atoms with Crippen molar-refractivity contribution in [3.8, 4) is 0 Å². The van der Waals surface area contributed by atoms with Crippen molar-refractivity contribution < 1.29 is 9.90 Å². The Bertz CT molecular complexity index is 396. The van der Waals surface area contributed by atoms with Gasteiger partial charge in [-0.3, -0.25) is 4.79 Å². The minimum Gasteiger partial charge on any atom is -0.481 e. The summed E-state index contributed by atoms with van der Waals surface area (Å²) in [5, 5.41) is 10.4. The number of thioether (sulfide) groups is 1. The summed E-state index contributed by atoms with van der Waals surface area (Å²) in [6, 6.07) is 3.60. The smallest absolute Gasteiger partial charge is 0.309 e. The van der Waals surface area contributed by atoms with E-state index < -0.39 is 11.4 Å². The average molecular weight is 274 g/mol.